The van der Waals surface area contributed by atoms with Crippen LogP contribution in [0.2, 0.25) is 0 Å². The van der Waals surface area contributed by atoms with Crippen molar-refractivity contribution in [2.45, 2.75) is 239 Å². The first-order valence-corrected chi connectivity index (χ1v) is 22.7. The van der Waals surface area contributed by atoms with Crippen LogP contribution in [-0.2, 0) is 9.68 Å². The lowest BCUT2D eigenvalue weighted by Crippen LogP contribution is -2.62. The van der Waals surface area contributed by atoms with Crippen molar-refractivity contribution in [3.63, 3.8) is 0 Å². The number of aromatic nitrogens is 3. The third kappa shape index (κ3) is 15.6. The molecule has 0 bridgehead atoms. The van der Waals surface area contributed by atoms with Crippen LogP contribution in [0.5, 0.6) is 0 Å². The second-order valence-electron chi connectivity index (χ2n) is 21.4. The van der Waals surface area contributed by atoms with Gasteiger partial charge in [0, 0.05) is 40.8 Å². The number of aliphatic hydroxyl groups is 2. The molecular formula is C45H88N8O4. The molecular weight excluding hydrogens is 717 g/mol. The van der Waals surface area contributed by atoms with E-state index < -0.39 is 11.2 Å². The second-order valence-corrected chi connectivity index (χ2v) is 21.4. The minimum atomic E-state index is -0.910. The molecule has 332 valence electrons. The molecule has 12 nitrogen and oxygen atoms in total. The summed E-state index contributed by atoms with van der Waals surface area (Å²) in [5, 5.41) is 36.5. The fourth-order valence-electron chi connectivity index (χ4n) is 9.89. The van der Waals surface area contributed by atoms with Gasteiger partial charge in [0.2, 0.25) is 17.8 Å². The summed E-state index contributed by atoms with van der Waals surface area (Å²) < 4.78 is 0. The average Bonchev–Trinajstić information content (AvgIpc) is 3.04. The average molecular weight is 805 g/mol. The molecule has 3 rings (SSSR count). The summed E-state index contributed by atoms with van der Waals surface area (Å²) in [6.07, 6.45) is 15.2. The maximum atomic E-state index is 10.5. The van der Waals surface area contributed by atoms with Crippen molar-refractivity contribution < 1.29 is 19.9 Å². The quantitative estimate of drug-likeness (QED) is 0.0636. The van der Waals surface area contributed by atoms with Gasteiger partial charge in [0.15, 0.2) is 0 Å². The first kappa shape index (κ1) is 49.5. The monoisotopic (exact) mass is 805 g/mol. The number of hydrogen-bond acceptors (Lipinski definition) is 12. The number of anilines is 3. The third-order valence-electron chi connectivity index (χ3n) is 11.8. The van der Waals surface area contributed by atoms with Gasteiger partial charge in [-0.1, -0.05) is 65.7 Å². The number of hydroxylamine groups is 4. The summed E-state index contributed by atoms with van der Waals surface area (Å²) in [5.74, 6) is 2.54. The van der Waals surface area contributed by atoms with E-state index in [0.29, 0.717) is 29.7 Å². The van der Waals surface area contributed by atoms with E-state index in [4.69, 9.17) is 24.6 Å². The number of nitrogens with one attached hydrogen (secondary N) is 3. The largest absolute Gasteiger partial charge is 0.388 e. The van der Waals surface area contributed by atoms with Crippen molar-refractivity contribution in [3.05, 3.63) is 0 Å². The van der Waals surface area contributed by atoms with Crippen LogP contribution in [0, 0.1) is 11.8 Å². The zero-order valence-electron chi connectivity index (χ0n) is 39.3. The third-order valence-corrected chi connectivity index (χ3v) is 11.8. The Labute approximate surface area is 348 Å². The van der Waals surface area contributed by atoms with Gasteiger partial charge in [-0.05, 0) is 140 Å². The Hall–Kier alpha value is -1.83. The van der Waals surface area contributed by atoms with Crippen LogP contribution in [0.15, 0.2) is 0 Å². The van der Waals surface area contributed by atoms with Gasteiger partial charge in [-0.15, -0.1) is 0 Å². The fourth-order valence-corrected chi connectivity index (χ4v) is 9.89. The van der Waals surface area contributed by atoms with Gasteiger partial charge in [-0.2, -0.15) is 25.1 Å². The van der Waals surface area contributed by atoms with Crippen molar-refractivity contribution in [2.75, 3.05) is 35.7 Å². The van der Waals surface area contributed by atoms with Crippen molar-refractivity contribution in [1.29, 1.82) is 0 Å². The highest BCUT2D eigenvalue weighted by Gasteiger charge is 2.50. The topological polar surface area (TPSA) is 140 Å². The normalized spacial score (nSPS) is 21.6. The van der Waals surface area contributed by atoms with E-state index in [1.807, 2.05) is 0 Å². The summed E-state index contributed by atoms with van der Waals surface area (Å²) >= 11 is 0. The van der Waals surface area contributed by atoms with Crippen molar-refractivity contribution in [3.8, 4) is 0 Å². The molecule has 2 atom stereocenters. The number of piperidine rings is 2. The zero-order chi connectivity index (χ0) is 42.9. The van der Waals surface area contributed by atoms with E-state index in [0.717, 1.165) is 64.3 Å². The van der Waals surface area contributed by atoms with Crippen LogP contribution >= 0.6 is 0 Å². The number of unbranched alkanes of at least 4 members (excludes halogenated alkanes) is 5. The predicted molar refractivity (Wildman–Crippen MR) is 236 cm³/mol. The molecule has 0 aromatic carbocycles. The van der Waals surface area contributed by atoms with Crippen molar-refractivity contribution in [2.24, 2.45) is 11.8 Å². The highest BCUT2D eigenvalue weighted by atomic mass is 16.7. The Morgan fingerprint density at radius 3 is 1.28 bits per heavy atom. The van der Waals surface area contributed by atoms with Gasteiger partial charge < -0.3 is 26.2 Å². The molecule has 3 heterocycles. The van der Waals surface area contributed by atoms with Gasteiger partial charge in [0.1, 0.15) is 0 Å². The molecule has 0 radical (unpaired) electrons. The molecule has 2 unspecified atom stereocenters. The van der Waals surface area contributed by atoms with Crippen LogP contribution in [0.1, 0.15) is 194 Å². The number of rotatable bonds is 24. The molecule has 1 aromatic heterocycles. The summed E-state index contributed by atoms with van der Waals surface area (Å²) in [4.78, 5) is 27.8. The zero-order valence-corrected chi connectivity index (χ0v) is 39.3. The Balaban J connectivity index is 1.91. The molecule has 0 amide bonds. The first-order valence-electron chi connectivity index (χ1n) is 22.7. The van der Waals surface area contributed by atoms with Crippen LogP contribution in [-0.4, -0.2) is 100 Å². The Morgan fingerprint density at radius 2 is 0.930 bits per heavy atom. The molecule has 1 aromatic rings. The van der Waals surface area contributed by atoms with Gasteiger partial charge in [0.25, 0.3) is 0 Å². The van der Waals surface area contributed by atoms with Gasteiger partial charge >= 0.3 is 0 Å². The van der Waals surface area contributed by atoms with Crippen LogP contribution in [0.3, 0.4) is 0 Å². The summed E-state index contributed by atoms with van der Waals surface area (Å²) in [7, 11) is 0. The fraction of sp³-hybridized carbons (Fsp3) is 0.933. The summed E-state index contributed by atoms with van der Waals surface area (Å²) in [5.41, 5.74) is -2.80. The molecule has 0 saturated carbocycles. The van der Waals surface area contributed by atoms with E-state index in [-0.39, 0.29) is 47.5 Å². The second kappa shape index (κ2) is 20.6. The van der Waals surface area contributed by atoms with E-state index in [1.165, 1.54) is 32.1 Å². The lowest BCUT2D eigenvalue weighted by atomic mass is 9.71. The van der Waals surface area contributed by atoms with Gasteiger partial charge in [-0.25, -0.2) is 0 Å². The predicted octanol–water partition coefficient (Wildman–Crippen LogP) is 9.75. The number of nitrogens with zero attached hydrogens (tertiary/aromatic N) is 5. The Bertz CT molecular complexity index is 1220. The maximum Gasteiger partial charge on any atom is 0.229 e. The molecule has 2 fully saturated rings. The standard InChI is InChI=1S/C45H88N8O4/c1-16-19-20-21-22-23-26-46-37-49-38(47-35(24-17-2)33-27-40(4,5)52(41(6,7)28-33)56-31-44(12,13)54)51-39(50-37)48-36(25-18-3)34-29-42(8,9)53(43(10,11)30-34)57-32-45(14,15)55/h33-36,54-55H,16-32H2,1-15H3,(H3,46,47,48,49,50,51). The van der Waals surface area contributed by atoms with Gasteiger partial charge in [0.05, 0.1) is 24.4 Å². The van der Waals surface area contributed by atoms with E-state index in [9.17, 15) is 10.2 Å². The SMILES string of the molecule is CCCCCCCCNc1nc(NC(CCC)C2CC(C)(C)N(OCC(C)(C)O)C(C)(C)C2)nc(NC(CCC)C2CC(C)(C)N(OCC(C)(C)O)C(C)(C)C2)n1. The smallest absolute Gasteiger partial charge is 0.229 e. The highest BCUT2D eigenvalue weighted by molar-refractivity contribution is 5.43. The molecule has 2 saturated heterocycles. The minimum Gasteiger partial charge on any atom is -0.388 e. The van der Waals surface area contributed by atoms with E-state index >= 15 is 0 Å². The first-order chi connectivity index (χ1) is 26.3. The molecule has 2 aliphatic heterocycles. The summed E-state index contributed by atoms with van der Waals surface area (Å²) in [6.45, 7) is 33.3. The summed E-state index contributed by atoms with van der Waals surface area (Å²) in [6, 6.07) is 0.320. The van der Waals surface area contributed by atoms with E-state index in [1.54, 1.807) is 27.7 Å². The molecule has 5 N–H and O–H groups in total. The van der Waals surface area contributed by atoms with Crippen molar-refractivity contribution >= 4 is 17.8 Å². The van der Waals surface area contributed by atoms with Crippen LogP contribution in [0.25, 0.3) is 0 Å². The molecule has 12 heteroatoms. The van der Waals surface area contributed by atoms with E-state index in [2.05, 4.69) is 102 Å². The molecule has 57 heavy (non-hydrogen) atoms. The van der Waals surface area contributed by atoms with Crippen LogP contribution in [0.4, 0.5) is 17.8 Å². The van der Waals surface area contributed by atoms with Crippen molar-refractivity contribution in [1.82, 2.24) is 25.1 Å². The maximum absolute atomic E-state index is 10.5. The Kier molecular flexibility index (Phi) is 17.9. The highest BCUT2D eigenvalue weighted by Crippen LogP contribution is 2.46. The Morgan fingerprint density at radius 1 is 0.579 bits per heavy atom. The molecule has 0 spiro atoms. The van der Waals surface area contributed by atoms with Crippen LogP contribution < -0.4 is 16.0 Å². The molecule has 0 aliphatic carbocycles. The number of hydrogen-bond donors (Lipinski definition) is 5. The minimum absolute atomic E-state index is 0.160. The molecule has 2 aliphatic rings. The lowest BCUT2D eigenvalue weighted by molar-refractivity contribution is -0.303. The van der Waals surface area contributed by atoms with Gasteiger partial charge in [-0.3, -0.25) is 9.68 Å². The lowest BCUT2D eigenvalue weighted by Gasteiger charge is -2.55.